The smallest absolute Gasteiger partial charge is 0.255 e. The molecule has 0 bridgehead atoms. The molecule has 0 heterocycles. The number of rotatable bonds is 5. The molecule has 27 heavy (non-hydrogen) atoms. The fourth-order valence-electron chi connectivity index (χ4n) is 2.57. The van der Waals surface area contributed by atoms with Gasteiger partial charge in [-0.2, -0.15) is 0 Å². The van der Waals surface area contributed by atoms with Crippen molar-refractivity contribution in [1.29, 1.82) is 0 Å². The number of aromatic hydroxyl groups is 1. The molecule has 1 amide bonds. The van der Waals surface area contributed by atoms with Crippen molar-refractivity contribution >= 4 is 21.6 Å². The number of anilines is 1. The number of carbonyl (C=O) groups excluding carboxylic acids is 1. The van der Waals surface area contributed by atoms with Crippen molar-refractivity contribution in [3.8, 4) is 5.75 Å². The predicted molar refractivity (Wildman–Crippen MR) is 105 cm³/mol. The molecule has 0 spiro atoms. The van der Waals surface area contributed by atoms with Crippen LogP contribution in [0.1, 0.15) is 49.5 Å². The molecule has 3 N–H and O–H groups in total. The summed E-state index contributed by atoms with van der Waals surface area (Å²) in [5.41, 5.74) is 1.47. The minimum atomic E-state index is -3.55. The molecule has 144 valence electrons. The lowest BCUT2D eigenvalue weighted by atomic mass is 9.87. The topological polar surface area (TPSA) is 95.5 Å². The maximum absolute atomic E-state index is 12.5. The van der Waals surface area contributed by atoms with E-state index in [1.807, 2.05) is 26.8 Å². The van der Waals surface area contributed by atoms with Gasteiger partial charge in [0.1, 0.15) is 5.75 Å². The maximum atomic E-state index is 12.5. The second-order valence-electron chi connectivity index (χ2n) is 7.86. The maximum Gasteiger partial charge on any atom is 0.255 e. The molecular weight excluding hydrogens is 364 g/mol. The van der Waals surface area contributed by atoms with E-state index in [1.54, 1.807) is 12.1 Å². The van der Waals surface area contributed by atoms with Gasteiger partial charge in [-0.15, -0.1) is 0 Å². The zero-order chi connectivity index (χ0) is 19.8. The molecule has 0 radical (unpaired) electrons. The average Bonchev–Trinajstić information content (AvgIpc) is 3.39. The van der Waals surface area contributed by atoms with Crippen LogP contribution >= 0.6 is 0 Å². The minimum Gasteiger partial charge on any atom is -0.506 e. The van der Waals surface area contributed by atoms with E-state index in [2.05, 4.69) is 10.0 Å². The summed E-state index contributed by atoms with van der Waals surface area (Å²) in [6.45, 7) is 6.12. The Morgan fingerprint density at radius 3 is 2.26 bits per heavy atom. The van der Waals surface area contributed by atoms with Crippen molar-refractivity contribution < 1.29 is 18.3 Å². The Balaban J connectivity index is 1.77. The lowest BCUT2D eigenvalue weighted by Crippen LogP contribution is -2.25. The van der Waals surface area contributed by atoms with Crippen LogP contribution in [0, 0.1) is 0 Å². The van der Waals surface area contributed by atoms with Crippen LogP contribution in [-0.4, -0.2) is 25.5 Å². The quantitative estimate of drug-likeness (QED) is 0.684. The van der Waals surface area contributed by atoms with E-state index in [0.717, 1.165) is 18.4 Å². The van der Waals surface area contributed by atoms with Crippen LogP contribution in [0.15, 0.2) is 47.4 Å². The van der Waals surface area contributed by atoms with Gasteiger partial charge in [0.25, 0.3) is 5.91 Å². The van der Waals surface area contributed by atoms with Crippen LogP contribution in [0.25, 0.3) is 0 Å². The number of phenols is 1. The summed E-state index contributed by atoms with van der Waals surface area (Å²) >= 11 is 0. The Kier molecular flexibility index (Phi) is 5.01. The van der Waals surface area contributed by atoms with Crippen LogP contribution in [0.2, 0.25) is 0 Å². The van der Waals surface area contributed by atoms with Gasteiger partial charge in [0, 0.05) is 11.6 Å². The first-order valence-corrected chi connectivity index (χ1v) is 10.3. The van der Waals surface area contributed by atoms with Crippen LogP contribution in [-0.2, 0) is 15.4 Å². The van der Waals surface area contributed by atoms with Crippen molar-refractivity contribution in [3.05, 3.63) is 53.6 Å². The summed E-state index contributed by atoms with van der Waals surface area (Å²) in [6, 6.07) is 10.9. The van der Waals surface area contributed by atoms with Gasteiger partial charge in [0.2, 0.25) is 10.0 Å². The van der Waals surface area contributed by atoms with Crippen molar-refractivity contribution in [2.75, 3.05) is 5.32 Å². The lowest BCUT2D eigenvalue weighted by Gasteiger charge is -2.20. The third-order valence-corrected chi connectivity index (χ3v) is 5.97. The van der Waals surface area contributed by atoms with Gasteiger partial charge in [-0.25, -0.2) is 13.1 Å². The highest BCUT2D eigenvalue weighted by molar-refractivity contribution is 7.89. The Morgan fingerprint density at radius 1 is 1.07 bits per heavy atom. The molecule has 1 saturated carbocycles. The zero-order valence-electron chi connectivity index (χ0n) is 15.6. The Hall–Kier alpha value is -2.38. The number of nitrogens with one attached hydrogen (secondary N) is 2. The number of benzene rings is 2. The summed E-state index contributed by atoms with van der Waals surface area (Å²) in [4.78, 5) is 12.6. The van der Waals surface area contributed by atoms with Gasteiger partial charge in [0.05, 0.1) is 10.6 Å². The van der Waals surface area contributed by atoms with Gasteiger partial charge >= 0.3 is 0 Å². The molecule has 0 unspecified atom stereocenters. The third kappa shape index (κ3) is 4.67. The number of hydrogen-bond acceptors (Lipinski definition) is 4. The summed E-state index contributed by atoms with van der Waals surface area (Å²) < 4.78 is 27.0. The van der Waals surface area contributed by atoms with Gasteiger partial charge in [-0.05, 0) is 60.2 Å². The van der Waals surface area contributed by atoms with E-state index in [4.69, 9.17) is 0 Å². The first-order chi connectivity index (χ1) is 12.6. The first kappa shape index (κ1) is 19.4. The van der Waals surface area contributed by atoms with Crippen molar-refractivity contribution in [2.24, 2.45) is 0 Å². The molecule has 1 aliphatic carbocycles. The highest BCUT2D eigenvalue weighted by Gasteiger charge is 2.28. The summed E-state index contributed by atoms with van der Waals surface area (Å²) in [5.74, 6) is -0.445. The highest BCUT2D eigenvalue weighted by atomic mass is 32.2. The monoisotopic (exact) mass is 388 g/mol. The predicted octanol–water partition coefficient (Wildman–Crippen LogP) is 3.38. The summed E-state index contributed by atoms with van der Waals surface area (Å²) in [7, 11) is -3.55. The molecule has 7 heteroatoms. The van der Waals surface area contributed by atoms with E-state index in [9.17, 15) is 18.3 Å². The summed E-state index contributed by atoms with van der Waals surface area (Å²) in [6.07, 6.45) is 1.72. The second kappa shape index (κ2) is 6.98. The number of sulfonamides is 1. The number of carbonyl (C=O) groups is 1. The van der Waals surface area contributed by atoms with Crippen molar-refractivity contribution in [3.63, 3.8) is 0 Å². The minimum absolute atomic E-state index is 0.0239. The fourth-order valence-corrected chi connectivity index (χ4v) is 3.88. The van der Waals surface area contributed by atoms with Crippen LogP contribution in [0.3, 0.4) is 0 Å². The van der Waals surface area contributed by atoms with Gasteiger partial charge in [-0.3, -0.25) is 4.79 Å². The highest BCUT2D eigenvalue weighted by Crippen LogP contribution is 2.31. The van der Waals surface area contributed by atoms with E-state index >= 15 is 0 Å². The standard InChI is InChI=1S/C20H24N2O4S/c1-20(2,3)14-6-11-18(23)17(12-14)21-19(24)13-4-9-16(10-5-13)27(25,26)22-15-7-8-15/h4-6,9-12,15,22-23H,7-8H2,1-3H3,(H,21,24). The number of amides is 1. The SMILES string of the molecule is CC(C)(C)c1ccc(O)c(NC(=O)c2ccc(S(=O)(=O)NC3CC3)cc2)c1. The molecule has 0 aliphatic heterocycles. The van der Waals surface area contributed by atoms with E-state index < -0.39 is 15.9 Å². The lowest BCUT2D eigenvalue weighted by molar-refractivity contribution is 0.102. The third-order valence-electron chi connectivity index (χ3n) is 4.44. The Morgan fingerprint density at radius 2 is 1.70 bits per heavy atom. The Labute approximate surface area is 159 Å². The first-order valence-electron chi connectivity index (χ1n) is 8.83. The average molecular weight is 388 g/mol. The van der Waals surface area contributed by atoms with Crippen molar-refractivity contribution in [1.82, 2.24) is 4.72 Å². The number of hydrogen-bond donors (Lipinski definition) is 3. The second-order valence-corrected chi connectivity index (χ2v) is 9.57. The van der Waals surface area contributed by atoms with Crippen LogP contribution < -0.4 is 10.0 Å². The number of phenolic OH excluding ortho intramolecular Hbond substituents is 1. The molecule has 2 aromatic carbocycles. The normalized spacial score (nSPS) is 14.8. The molecule has 0 atom stereocenters. The van der Waals surface area contributed by atoms with E-state index in [-0.39, 0.29) is 22.1 Å². The largest absolute Gasteiger partial charge is 0.506 e. The molecular formula is C20H24N2O4S. The van der Waals surface area contributed by atoms with Crippen molar-refractivity contribution in [2.45, 2.75) is 50.0 Å². The summed E-state index contributed by atoms with van der Waals surface area (Å²) in [5, 5.41) is 12.7. The molecule has 0 saturated heterocycles. The van der Waals surface area contributed by atoms with Crippen LogP contribution in [0.4, 0.5) is 5.69 Å². The van der Waals surface area contributed by atoms with Gasteiger partial charge < -0.3 is 10.4 Å². The van der Waals surface area contributed by atoms with Gasteiger partial charge in [0.15, 0.2) is 0 Å². The van der Waals surface area contributed by atoms with Crippen LogP contribution in [0.5, 0.6) is 5.75 Å². The van der Waals surface area contributed by atoms with Gasteiger partial charge in [-0.1, -0.05) is 26.8 Å². The molecule has 1 aliphatic rings. The van der Waals surface area contributed by atoms with E-state index in [0.29, 0.717) is 11.3 Å². The van der Waals surface area contributed by atoms with E-state index in [1.165, 1.54) is 24.3 Å². The molecule has 1 fully saturated rings. The molecule has 0 aromatic heterocycles. The zero-order valence-corrected chi connectivity index (χ0v) is 16.4. The Bertz CT molecular complexity index is 956. The fraction of sp³-hybridized carbons (Fsp3) is 0.350. The molecule has 6 nitrogen and oxygen atoms in total. The molecule has 2 aromatic rings. The molecule has 3 rings (SSSR count).